The van der Waals surface area contributed by atoms with Gasteiger partial charge in [0.1, 0.15) is 35.7 Å². The molecule has 272 valence electrons. The highest BCUT2D eigenvalue weighted by molar-refractivity contribution is 6.01. The van der Waals surface area contributed by atoms with E-state index in [-0.39, 0.29) is 17.4 Å². The number of benzene rings is 3. The summed E-state index contributed by atoms with van der Waals surface area (Å²) in [5, 5.41) is 31.8. The van der Waals surface area contributed by atoms with Crippen molar-refractivity contribution in [2.24, 2.45) is 5.92 Å². The number of hydrogen-bond acceptors (Lipinski definition) is 9. The number of amides is 3. The van der Waals surface area contributed by atoms with E-state index >= 15 is 0 Å². The van der Waals surface area contributed by atoms with Crippen LogP contribution in [-0.4, -0.2) is 78.1 Å². The number of ether oxygens (including phenoxy) is 1. The molecule has 0 aromatic heterocycles. The van der Waals surface area contributed by atoms with Crippen LogP contribution >= 0.6 is 0 Å². The summed E-state index contributed by atoms with van der Waals surface area (Å²) in [4.78, 5) is 56.8. The Hall–Kier alpha value is -5.30. The molecule has 3 amide bonds. The molecule has 3 rings (SSSR count). The average Bonchev–Trinajstić information content (AvgIpc) is 3.10. The zero-order valence-corrected chi connectivity index (χ0v) is 30.1. The summed E-state index contributed by atoms with van der Waals surface area (Å²) >= 11 is 0. The van der Waals surface area contributed by atoms with Crippen LogP contribution in [0.5, 0.6) is 5.75 Å². The molecule has 0 spiro atoms. The van der Waals surface area contributed by atoms with E-state index < -0.39 is 54.0 Å². The fourth-order valence-electron chi connectivity index (χ4n) is 5.38. The maximum Gasteiger partial charge on any atom is 0.324 e. The Bertz CT molecular complexity index is 1670. The van der Waals surface area contributed by atoms with Crippen LogP contribution in [0.3, 0.4) is 0 Å². The van der Waals surface area contributed by atoms with Gasteiger partial charge >= 0.3 is 5.97 Å². The average molecular weight is 700 g/mol. The Labute approximate surface area is 299 Å². The normalized spacial score (nSPS) is 14.2. The Morgan fingerprint density at radius 3 is 1.88 bits per heavy atom. The predicted octanol–water partition coefficient (Wildman–Crippen LogP) is 3.57. The Morgan fingerprint density at radius 2 is 1.37 bits per heavy atom. The molecule has 0 aliphatic heterocycles. The first-order valence-corrected chi connectivity index (χ1v) is 16.6. The van der Waals surface area contributed by atoms with Crippen molar-refractivity contribution in [1.29, 1.82) is 0 Å². The smallest absolute Gasteiger partial charge is 0.324 e. The summed E-state index contributed by atoms with van der Waals surface area (Å²) in [7, 11) is 4.90. The Morgan fingerprint density at radius 1 is 0.804 bits per heavy atom. The highest BCUT2D eigenvalue weighted by Gasteiger charge is 2.38. The van der Waals surface area contributed by atoms with Gasteiger partial charge in [-0.2, -0.15) is 0 Å². The topological polar surface area (TPSA) is 169 Å². The number of aliphatic hydroxyl groups is 1. The second-order valence-electron chi connectivity index (χ2n) is 12.8. The summed E-state index contributed by atoms with van der Waals surface area (Å²) in [5.41, 5.74) is 1.91. The Balaban J connectivity index is 2.00. The number of allylic oxidation sites excluding steroid dienone is 1. The third-order valence-corrected chi connectivity index (χ3v) is 8.11. The van der Waals surface area contributed by atoms with Crippen molar-refractivity contribution in [3.05, 3.63) is 119 Å². The van der Waals surface area contributed by atoms with Gasteiger partial charge in [0.25, 0.3) is 11.8 Å². The molecule has 3 aromatic rings. The van der Waals surface area contributed by atoms with E-state index in [1.165, 1.54) is 18.3 Å². The molecule has 3 aromatic carbocycles. The minimum atomic E-state index is -1.48. The lowest BCUT2D eigenvalue weighted by Gasteiger charge is -2.31. The van der Waals surface area contributed by atoms with E-state index in [0.717, 1.165) is 0 Å². The number of aliphatic hydroxyl groups excluding tert-OH is 1. The lowest BCUT2D eigenvalue weighted by atomic mass is 9.99. The molecule has 6 N–H and O–H groups in total. The van der Waals surface area contributed by atoms with E-state index in [0.29, 0.717) is 22.3 Å². The van der Waals surface area contributed by atoms with Crippen LogP contribution in [0, 0.1) is 5.92 Å². The fraction of sp³-hybridized carbons (Fsp3) is 0.333. The summed E-state index contributed by atoms with van der Waals surface area (Å²) in [6.07, 6.45) is 0.460. The number of phenols is 1. The minimum absolute atomic E-state index is 0.0846. The summed E-state index contributed by atoms with van der Waals surface area (Å²) in [5.74, 6) is -2.88. The molecule has 0 radical (unpaired) electrons. The van der Waals surface area contributed by atoms with Crippen LogP contribution in [0.4, 0.5) is 0 Å². The molecular formula is C39H49N5O7. The first-order valence-electron chi connectivity index (χ1n) is 16.6. The number of carbonyl (C=O) groups is 4. The van der Waals surface area contributed by atoms with Crippen molar-refractivity contribution >= 4 is 29.8 Å². The standard InChI is InChI=1S/C39H49N5O7/c1-24(2)30(42-38(49)33(44(6)7)34(46)27-14-10-8-11-15-27)37(48)43-32(36(47)41-23-22-26-18-20-29(45)21-19-26)35(28-16-12-9-13-17-28)51-39(50)31(40-5)25(3)4/h8-23,25,31-35,40,45-46H,1-7H3,(H,41,47)(H,42,49)(H,43,48)/t31-,32-,33+,34-,35-/m0/s1. The van der Waals surface area contributed by atoms with Crippen molar-refractivity contribution < 1.29 is 34.1 Å². The van der Waals surface area contributed by atoms with Gasteiger partial charge in [0.15, 0.2) is 6.10 Å². The lowest BCUT2D eigenvalue weighted by Crippen LogP contribution is -2.54. The fourth-order valence-corrected chi connectivity index (χ4v) is 5.38. The van der Waals surface area contributed by atoms with E-state index in [2.05, 4.69) is 21.3 Å². The van der Waals surface area contributed by atoms with Crippen molar-refractivity contribution in [1.82, 2.24) is 26.2 Å². The van der Waals surface area contributed by atoms with Crippen molar-refractivity contribution in [3.8, 4) is 5.75 Å². The summed E-state index contributed by atoms with van der Waals surface area (Å²) in [6.45, 7) is 6.94. The van der Waals surface area contributed by atoms with Gasteiger partial charge in [-0.05, 0) is 81.4 Å². The second-order valence-corrected chi connectivity index (χ2v) is 12.8. The van der Waals surface area contributed by atoms with Gasteiger partial charge in [0, 0.05) is 6.20 Å². The maximum absolute atomic E-state index is 14.1. The first kappa shape index (κ1) is 40.1. The predicted molar refractivity (Wildman–Crippen MR) is 196 cm³/mol. The number of likely N-dealkylation sites (N-methyl/N-ethyl adjacent to an activating group) is 2. The number of phenolic OH excluding ortho intramolecular Hbond substituents is 1. The molecule has 0 aliphatic carbocycles. The molecule has 0 saturated heterocycles. The van der Waals surface area contributed by atoms with Crippen LogP contribution < -0.4 is 21.3 Å². The number of aromatic hydroxyl groups is 1. The monoisotopic (exact) mass is 699 g/mol. The van der Waals surface area contributed by atoms with Gasteiger partial charge in [0.2, 0.25) is 5.91 Å². The molecule has 0 saturated carbocycles. The van der Waals surface area contributed by atoms with E-state index in [9.17, 15) is 29.4 Å². The molecule has 0 aliphatic rings. The molecule has 0 unspecified atom stereocenters. The third-order valence-electron chi connectivity index (χ3n) is 8.11. The van der Waals surface area contributed by atoms with E-state index in [1.54, 1.807) is 119 Å². The molecule has 12 nitrogen and oxygen atoms in total. The first-order chi connectivity index (χ1) is 24.2. The second kappa shape index (κ2) is 19.2. The number of nitrogens with one attached hydrogen (secondary N) is 4. The van der Waals surface area contributed by atoms with Gasteiger partial charge in [0.05, 0.1) is 0 Å². The summed E-state index contributed by atoms with van der Waals surface area (Å²) in [6, 6.07) is 20.3. The van der Waals surface area contributed by atoms with Crippen LogP contribution in [-0.2, 0) is 23.9 Å². The quantitative estimate of drug-likeness (QED) is 0.0967. The third kappa shape index (κ3) is 11.4. The lowest BCUT2D eigenvalue weighted by molar-refractivity contribution is -0.157. The molecular weight excluding hydrogens is 650 g/mol. The van der Waals surface area contributed by atoms with Crippen molar-refractivity contribution in [3.63, 3.8) is 0 Å². The SMILES string of the molecule is CN[C@H](C(=O)O[C@@H](c1ccccc1)[C@H](NC(=O)C(NC(=O)[C@@H]([C@@H](O)c1ccccc1)N(C)C)=C(C)C)C(=O)NC=Cc1ccc(O)cc1)C(C)C. The highest BCUT2D eigenvalue weighted by atomic mass is 16.5. The number of hydrogen-bond donors (Lipinski definition) is 6. The van der Waals surface area contributed by atoms with E-state index in [1.807, 2.05) is 13.8 Å². The summed E-state index contributed by atoms with van der Waals surface area (Å²) < 4.78 is 6.01. The molecule has 51 heavy (non-hydrogen) atoms. The number of carbonyl (C=O) groups excluding carboxylic acids is 4. The molecule has 5 atom stereocenters. The minimum Gasteiger partial charge on any atom is -0.508 e. The van der Waals surface area contributed by atoms with Crippen LogP contribution in [0.1, 0.15) is 56.6 Å². The largest absolute Gasteiger partial charge is 0.508 e. The molecule has 0 bridgehead atoms. The van der Waals surface area contributed by atoms with Crippen LogP contribution in [0.25, 0.3) is 6.08 Å². The molecule has 12 heteroatoms. The van der Waals surface area contributed by atoms with Crippen LogP contribution in [0.2, 0.25) is 0 Å². The number of rotatable bonds is 16. The van der Waals surface area contributed by atoms with Gasteiger partial charge in [-0.25, -0.2) is 0 Å². The van der Waals surface area contributed by atoms with Gasteiger partial charge in [-0.3, -0.25) is 24.1 Å². The maximum atomic E-state index is 14.1. The molecule has 0 fully saturated rings. The van der Waals surface area contributed by atoms with Gasteiger partial charge < -0.3 is 36.2 Å². The highest BCUT2D eigenvalue weighted by Crippen LogP contribution is 2.25. The van der Waals surface area contributed by atoms with Gasteiger partial charge in [-0.15, -0.1) is 0 Å². The molecule has 0 heterocycles. The van der Waals surface area contributed by atoms with Gasteiger partial charge in [-0.1, -0.05) is 86.6 Å². The van der Waals surface area contributed by atoms with E-state index in [4.69, 9.17) is 4.74 Å². The number of nitrogens with zero attached hydrogens (tertiary/aromatic N) is 1. The van der Waals surface area contributed by atoms with Crippen molar-refractivity contribution in [2.75, 3.05) is 21.1 Å². The number of esters is 1. The Kier molecular flexibility index (Phi) is 15.1. The zero-order chi connectivity index (χ0) is 37.7. The van der Waals surface area contributed by atoms with Crippen molar-refractivity contribution in [2.45, 2.75) is 58.0 Å². The zero-order valence-electron chi connectivity index (χ0n) is 30.1. The van der Waals surface area contributed by atoms with Crippen LogP contribution in [0.15, 0.2) is 102 Å².